The van der Waals surface area contributed by atoms with E-state index in [-0.39, 0.29) is 5.57 Å². The van der Waals surface area contributed by atoms with Crippen LogP contribution in [0.3, 0.4) is 0 Å². The lowest BCUT2D eigenvalue weighted by Gasteiger charge is -2.19. The second kappa shape index (κ2) is 9.50. The van der Waals surface area contributed by atoms with Gasteiger partial charge in [-0.05, 0) is 30.7 Å². The highest BCUT2D eigenvalue weighted by molar-refractivity contribution is 6.31. The first-order valence-electron chi connectivity index (χ1n) is 8.12. The third-order valence-corrected chi connectivity index (χ3v) is 3.96. The first kappa shape index (κ1) is 19.4. The van der Waals surface area contributed by atoms with Crippen molar-refractivity contribution >= 4 is 23.2 Å². The summed E-state index contributed by atoms with van der Waals surface area (Å²) in [6.45, 7) is 3.23. The average molecular weight is 370 g/mol. The minimum absolute atomic E-state index is 0.00445. The van der Waals surface area contributed by atoms with E-state index < -0.39 is 5.91 Å². The van der Waals surface area contributed by atoms with E-state index in [1.807, 2.05) is 48.2 Å². The lowest BCUT2D eigenvalue weighted by molar-refractivity contribution is -0.112. The zero-order valence-electron chi connectivity index (χ0n) is 14.7. The van der Waals surface area contributed by atoms with Gasteiger partial charge in [-0.3, -0.25) is 4.79 Å². The number of hydrogen-bond donors (Lipinski definition) is 1. The lowest BCUT2D eigenvalue weighted by Crippen LogP contribution is -2.21. The van der Waals surface area contributed by atoms with Crippen LogP contribution < -0.4 is 10.1 Å². The molecule has 2 aromatic carbocycles. The Kier molecular flexibility index (Phi) is 7.07. The predicted molar refractivity (Wildman–Crippen MR) is 103 cm³/mol. The summed E-state index contributed by atoms with van der Waals surface area (Å²) in [7, 11) is 1.50. The van der Waals surface area contributed by atoms with E-state index in [9.17, 15) is 10.1 Å². The van der Waals surface area contributed by atoms with Crippen LogP contribution >= 0.6 is 11.6 Å². The Balaban J connectivity index is 2.18. The summed E-state index contributed by atoms with van der Waals surface area (Å²) in [5.41, 5.74) is 1.52. The topological polar surface area (TPSA) is 65.4 Å². The van der Waals surface area contributed by atoms with Crippen molar-refractivity contribution in [3.05, 3.63) is 70.9 Å². The first-order valence-corrected chi connectivity index (χ1v) is 8.50. The van der Waals surface area contributed by atoms with Gasteiger partial charge in [-0.1, -0.05) is 41.9 Å². The molecule has 2 aromatic rings. The number of ether oxygens (including phenoxy) is 1. The van der Waals surface area contributed by atoms with Gasteiger partial charge in [0.15, 0.2) is 0 Å². The maximum absolute atomic E-state index is 12.5. The fraction of sp³-hybridized carbons (Fsp3) is 0.200. The molecule has 0 radical (unpaired) electrons. The number of halogens is 1. The maximum atomic E-state index is 12.5. The third kappa shape index (κ3) is 5.27. The van der Waals surface area contributed by atoms with Crippen molar-refractivity contribution in [1.82, 2.24) is 4.90 Å². The van der Waals surface area contributed by atoms with Crippen molar-refractivity contribution in [3.8, 4) is 11.8 Å². The van der Waals surface area contributed by atoms with Crippen LogP contribution in [0.25, 0.3) is 0 Å². The molecule has 26 heavy (non-hydrogen) atoms. The fourth-order valence-electron chi connectivity index (χ4n) is 2.36. The van der Waals surface area contributed by atoms with Crippen LogP contribution in [-0.4, -0.2) is 24.5 Å². The minimum atomic E-state index is -0.514. The van der Waals surface area contributed by atoms with Crippen molar-refractivity contribution in [1.29, 1.82) is 5.26 Å². The van der Waals surface area contributed by atoms with Gasteiger partial charge in [0.2, 0.25) is 0 Å². The van der Waals surface area contributed by atoms with Gasteiger partial charge in [0.05, 0.1) is 12.8 Å². The van der Waals surface area contributed by atoms with E-state index in [0.717, 1.165) is 5.56 Å². The summed E-state index contributed by atoms with van der Waals surface area (Å²) in [6.07, 6.45) is 1.57. The third-order valence-electron chi connectivity index (χ3n) is 3.72. The molecule has 0 saturated heterocycles. The monoisotopic (exact) mass is 369 g/mol. The highest BCUT2D eigenvalue weighted by atomic mass is 35.5. The van der Waals surface area contributed by atoms with Crippen LogP contribution in [-0.2, 0) is 11.3 Å². The smallest absolute Gasteiger partial charge is 0.267 e. The van der Waals surface area contributed by atoms with Crippen LogP contribution in [0.1, 0.15) is 12.5 Å². The van der Waals surface area contributed by atoms with E-state index >= 15 is 0 Å². The van der Waals surface area contributed by atoms with E-state index in [2.05, 4.69) is 5.32 Å². The second-order valence-electron chi connectivity index (χ2n) is 5.50. The van der Waals surface area contributed by atoms with E-state index in [1.54, 1.807) is 24.4 Å². The van der Waals surface area contributed by atoms with Crippen molar-refractivity contribution in [3.63, 3.8) is 0 Å². The molecule has 0 atom stereocenters. The number of carbonyl (C=O) groups excluding carboxylic acids is 1. The Hall–Kier alpha value is -2.97. The van der Waals surface area contributed by atoms with Gasteiger partial charge >= 0.3 is 0 Å². The van der Waals surface area contributed by atoms with Crippen LogP contribution in [0.5, 0.6) is 5.75 Å². The standard InChI is InChI=1S/C20H20ClN3O2/c1-3-24(13-15-7-5-4-6-8-15)14-16(12-22)20(25)23-18-11-17(21)9-10-19(18)26-2/h4-11,14H,3,13H2,1-2H3,(H,23,25)/b16-14-. The molecule has 0 aliphatic heterocycles. The minimum Gasteiger partial charge on any atom is -0.495 e. The molecule has 2 rings (SSSR count). The van der Waals surface area contributed by atoms with Crippen molar-refractivity contribution in [2.24, 2.45) is 0 Å². The fourth-order valence-corrected chi connectivity index (χ4v) is 2.53. The largest absolute Gasteiger partial charge is 0.495 e. The van der Waals surface area contributed by atoms with E-state index in [0.29, 0.717) is 29.5 Å². The van der Waals surface area contributed by atoms with Crippen LogP contribution in [0, 0.1) is 11.3 Å². The summed E-state index contributed by atoms with van der Waals surface area (Å²) in [6, 6.07) is 16.7. The number of benzene rings is 2. The van der Waals surface area contributed by atoms with Crippen molar-refractivity contribution < 1.29 is 9.53 Å². The quantitative estimate of drug-likeness (QED) is 0.586. The molecule has 6 heteroatoms. The Labute approximate surface area is 158 Å². The lowest BCUT2D eigenvalue weighted by atomic mass is 10.2. The normalized spacial score (nSPS) is 10.8. The molecule has 0 spiro atoms. The number of carbonyl (C=O) groups is 1. The Morgan fingerprint density at radius 3 is 2.65 bits per heavy atom. The number of hydrogen-bond acceptors (Lipinski definition) is 4. The Morgan fingerprint density at radius 1 is 1.31 bits per heavy atom. The number of methoxy groups -OCH3 is 1. The Morgan fingerprint density at radius 2 is 2.04 bits per heavy atom. The van der Waals surface area contributed by atoms with Gasteiger partial charge < -0.3 is 15.0 Å². The van der Waals surface area contributed by atoms with Crippen molar-refractivity contribution in [2.75, 3.05) is 19.0 Å². The van der Waals surface area contributed by atoms with Crippen molar-refractivity contribution in [2.45, 2.75) is 13.5 Å². The van der Waals surface area contributed by atoms with E-state index in [4.69, 9.17) is 16.3 Å². The van der Waals surface area contributed by atoms with Gasteiger partial charge in [-0.25, -0.2) is 0 Å². The zero-order valence-corrected chi connectivity index (χ0v) is 15.5. The maximum Gasteiger partial charge on any atom is 0.267 e. The summed E-state index contributed by atoms with van der Waals surface area (Å²) in [5, 5.41) is 12.5. The predicted octanol–water partition coefficient (Wildman–Crippen LogP) is 4.22. The number of nitrogens with zero attached hydrogens (tertiary/aromatic N) is 2. The summed E-state index contributed by atoms with van der Waals surface area (Å²) >= 11 is 5.97. The molecule has 0 aliphatic rings. The molecule has 1 N–H and O–H groups in total. The molecule has 0 fully saturated rings. The molecule has 5 nitrogen and oxygen atoms in total. The number of amides is 1. The SMILES string of the molecule is CCN(/C=C(/C#N)C(=O)Nc1cc(Cl)ccc1OC)Cc1ccccc1. The summed E-state index contributed by atoms with van der Waals surface area (Å²) in [5.74, 6) is -0.0451. The molecule has 0 bridgehead atoms. The van der Waals surface area contributed by atoms with Gasteiger partial charge in [0.1, 0.15) is 17.4 Å². The van der Waals surface area contributed by atoms with E-state index in [1.165, 1.54) is 7.11 Å². The van der Waals surface area contributed by atoms with Gasteiger partial charge in [0, 0.05) is 24.3 Å². The van der Waals surface area contributed by atoms with Crippen LogP contribution in [0.4, 0.5) is 5.69 Å². The number of rotatable bonds is 7. The molecule has 0 saturated carbocycles. The highest BCUT2D eigenvalue weighted by Gasteiger charge is 2.14. The van der Waals surface area contributed by atoms with Gasteiger partial charge in [-0.2, -0.15) is 5.26 Å². The molecule has 134 valence electrons. The number of nitrogens with one attached hydrogen (secondary N) is 1. The van der Waals surface area contributed by atoms with Crippen LogP contribution in [0.2, 0.25) is 5.02 Å². The highest BCUT2D eigenvalue weighted by Crippen LogP contribution is 2.28. The molecular formula is C20H20ClN3O2. The Bertz CT molecular complexity index is 829. The zero-order chi connectivity index (χ0) is 18.9. The molecule has 0 heterocycles. The summed E-state index contributed by atoms with van der Waals surface area (Å²) in [4.78, 5) is 14.4. The van der Waals surface area contributed by atoms with Crippen LogP contribution in [0.15, 0.2) is 60.3 Å². The average Bonchev–Trinajstić information content (AvgIpc) is 2.66. The number of nitriles is 1. The van der Waals surface area contributed by atoms with Gasteiger partial charge in [0.25, 0.3) is 5.91 Å². The van der Waals surface area contributed by atoms with Gasteiger partial charge in [-0.15, -0.1) is 0 Å². The molecule has 0 aliphatic carbocycles. The molecule has 0 unspecified atom stereocenters. The first-order chi connectivity index (χ1) is 12.6. The number of anilines is 1. The molecule has 1 amide bonds. The second-order valence-corrected chi connectivity index (χ2v) is 5.94. The molecular weight excluding hydrogens is 350 g/mol. The molecule has 0 aromatic heterocycles. The summed E-state index contributed by atoms with van der Waals surface area (Å²) < 4.78 is 5.21.